The van der Waals surface area contributed by atoms with Crippen molar-refractivity contribution >= 4 is 10.0 Å². The summed E-state index contributed by atoms with van der Waals surface area (Å²) < 4.78 is 27.3. The van der Waals surface area contributed by atoms with Crippen molar-refractivity contribution < 1.29 is 8.42 Å². The van der Waals surface area contributed by atoms with Crippen LogP contribution in [0.2, 0.25) is 0 Å². The van der Waals surface area contributed by atoms with E-state index in [9.17, 15) is 8.42 Å². The number of hydrogen-bond acceptors (Lipinski definition) is 4. The third-order valence-corrected chi connectivity index (χ3v) is 3.34. The molecule has 1 heterocycles. The minimum atomic E-state index is -3.47. The van der Waals surface area contributed by atoms with Gasteiger partial charge in [0.15, 0.2) is 0 Å². The predicted molar refractivity (Wildman–Crippen MR) is 56.8 cm³/mol. The van der Waals surface area contributed by atoms with Gasteiger partial charge in [-0.1, -0.05) is 23.4 Å². The summed E-state index contributed by atoms with van der Waals surface area (Å²) in [4.78, 5) is 0.232. The lowest BCUT2D eigenvalue weighted by Gasteiger charge is -2.05. The van der Waals surface area contributed by atoms with Gasteiger partial charge in [-0.3, -0.25) is 0 Å². The maximum absolute atomic E-state index is 11.8. The number of sulfonamides is 1. The zero-order chi connectivity index (χ0) is 11.4. The van der Waals surface area contributed by atoms with Crippen molar-refractivity contribution in [2.45, 2.75) is 11.6 Å². The molecule has 0 aliphatic rings. The molecule has 1 N–H and O–H groups in total. The summed E-state index contributed by atoms with van der Waals surface area (Å²) in [5.41, 5.74) is 0. The zero-order valence-corrected chi connectivity index (χ0v) is 9.13. The number of aromatic nitrogens is 3. The van der Waals surface area contributed by atoms with Crippen LogP contribution in [-0.4, -0.2) is 23.4 Å². The lowest BCUT2D eigenvalue weighted by atomic mass is 10.4. The van der Waals surface area contributed by atoms with Crippen LogP contribution >= 0.6 is 0 Å². The monoisotopic (exact) mass is 238 g/mol. The Kier molecular flexibility index (Phi) is 2.97. The summed E-state index contributed by atoms with van der Waals surface area (Å²) in [5.74, 6) is 0. The fraction of sp³-hybridized carbons (Fsp3) is 0.111. The smallest absolute Gasteiger partial charge is 0.237 e. The summed E-state index contributed by atoms with van der Waals surface area (Å²) >= 11 is 0. The molecule has 1 aromatic carbocycles. The van der Waals surface area contributed by atoms with Crippen molar-refractivity contribution in [3.63, 3.8) is 0 Å². The lowest BCUT2D eigenvalue weighted by molar-refractivity contribution is 0.534. The van der Waals surface area contributed by atoms with E-state index in [1.807, 2.05) is 0 Å². The van der Waals surface area contributed by atoms with E-state index in [0.29, 0.717) is 0 Å². The van der Waals surface area contributed by atoms with Gasteiger partial charge in [0.1, 0.15) is 6.67 Å². The molecule has 6 nitrogen and oxygen atoms in total. The molecule has 0 spiro atoms. The van der Waals surface area contributed by atoms with Gasteiger partial charge in [0.05, 0.1) is 11.1 Å². The molecule has 16 heavy (non-hydrogen) atoms. The first kappa shape index (κ1) is 10.8. The van der Waals surface area contributed by atoms with Crippen LogP contribution in [0.15, 0.2) is 47.6 Å². The highest BCUT2D eigenvalue weighted by Crippen LogP contribution is 2.06. The van der Waals surface area contributed by atoms with Crippen LogP contribution < -0.4 is 4.72 Å². The quantitative estimate of drug-likeness (QED) is 0.826. The van der Waals surface area contributed by atoms with Gasteiger partial charge in [0.25, 0.3) is 0 Å². The summed E-state index contributed by atoms with van der Waals surface area (Å²) in [6.45, 7) is 0.0667. The molecule has 0 atom stereocenters. The molecule has 0 aliphatic carbocycles. The van der Waals surface area contributed by atoms with Gasteiger partial charge in [-0.25, -0.2) is 13.1 Å². The molecule has 0 fully saturated rings. The van der Waals surface area contributed by atoms with Crippen LogP contribution in [0, 0.1) is 0 Å². The topological polar surface area (TPSA) is 76.9 Å². The highest BCUT2D eigenvalue weighted by Gasteiger charge is 2.12. The van der Waals surface area contributed by atoms with Crippen LogP contribution in [0.4, 0.5) is 0 Å². The Morgan fingerprint density at radius 3 is 2.62 bits per heavy atom. The van der Waals surface area contributed by atoms with Crippen molar-refractivity contribution in [1.29, 1.82) is 0 Å². The minimum absolute atomic E-state index is 0.0667. The second-order valence-electron chi connectivity index (χ2n) is 3.06. The Hall–Kier alpha value is -1.73. The molecule has 0 amide bonds. The average molecular weight is 238 g/mol. The van der Waals surface area contributed by atoms with E-state index >= 15 is 0 Å². The van der Waals surface area contributed by atoms with Gasteiger partial charge in [0, 0.05) is 6.20 Å². The maximum atomic E-state index is 11.8. The Morgan fingerprint density at radius 1 is 1.25 bits per heavy atom. The van der Waals surface area contributed by atoms with Crippen LogP contribution in [0.1, 0.15) is 0 Å². The van der Waals surface area contributed by atoms with Gasteiger partial charge < -0.3 is 0 Å². The van der Waals surface area contributed by atoms with Gasteiger partial charge in [0.2, 0.25) is 10.0 Å². The van der Waals surface area contributed by atoms with Gasteiger partial charge in [-0.05, 0) is 12.1 Å². The molecule has 0 saturated carbocycles. The first-order valence-electron chi connectivity index (χ1n) is 4.57. The van der Waals surface area contributed by atoms with Crippen LogP contribution in [0.25, 0.3) is 0 Å². The Labute approximate surface area is 93.0 Å². The largest absolute Gasteiger partial charge is 0.242 e. The van der Waals surface area contributed by atoms with E-state index in [1.54, 1.807) is 24.4 Å². The molecule has 0 radical (unpaired) electrons. The van der Waals surface area contributed by atoms with E-state index < -0.39 is 10.0 Å². The van der Waals surface area contributed by atoms with Crippen LogP contribution in [0.3, 0.4) is 0 Å². The summed E-state index contributed by atoms with van der Waals surface area (Å²) in [7, 11) is -3.47. The van der Waals surface area contributed by atoms with E-state index in [-0.39, 0.29) is 11.6 Å². The average Bonchev–Trinajstić information content (AvgIpc) is 2.81. The fourth-order valence-corrected chi connectivity index (χ4v) is 2.14. The maximum Gasteiger partial charge on any atom is 0.242 e. The summed E-state index contributed by atoms with van der Waals surface area (Å²) in [6, 6.07) is 8.16. The zero-order valence-electron chi connectivity index (χ0n) is 8.31. The highest BCUT2D eigenvalue weighted by atomic mass is 32.2. The molecular weight excluding hydrogens is 228 g/mol. The normalized spacial score (nSPS) is 11.5. The fourth-order valence-electron chi connectivity index (χ4n) is 1.15. The molecule has 0 unspecified atom stereocenters. The van der Waals surface area contributed by atoms with E-state index in [0.717, 1.165) is 0 Å². The standard InChI is InChI=1S/C9H10N4O2S/c14-16(15,9-4-2-1-3-5-9)11-8-13-7-6-10-12-13/h1-7,11H,8H2. The van der Waals surface area contributed by atoms with Crippen molar-refractivity contribution in [1.82, 2.24) is 19.7 Å². The van der Waals surface area contributed by atoms with E-state index in [1.165, 1.54) is 23.0 Å². The third-order valence-electron chi connectivity index (χ3n) is 1.94. The first-order chi connectivity index (χ1) is 7.68. The molecule has 0 saturated heterocycles. The van der Waals surface area contributed by atoms with Crippen molar-refractivity contribution in [3.05, 3.63) is 42.7 Å². The molecule has 1 aromatic heterocycles. The highest BCUT2D eigenvalue weighted by molar-refractivity contribution is 7.89. The number of hydrogen-bond donors (Lipinski definition) is 1. The molecule has 7 heteroatoms. The number of rotatable bonds is 4. The van der Waals surface area contributed by atoms with Crippen molar-refractivity contribution in [2.24, 2.45) is 0 Å². The van der Waals surface area contributed by atoms with E-state index in [2.05, 4.69) is 15.0 Å². The Balaban J connectivity index is 2.10. The summed E-state index contributed by atoms with van der Waals surface area (Å²) in [5, 5.41) is 7.23. The van der Waals surface area contributed by atoms with Crippen LogP contribution in [0.5, 0.6) is 0 Å². The van der Waals surface area contributed by atoms with Gasteiger partial charge in [-0.15, -0.1) is 5.10 Å². The summed E-state index contributed by atoms with van der Waals surface area (Å²) in [6.07, 6.45) is 3.06. The molecule has 0 bridgehead atoms. The molecule has 0 aliphatic heterocycles. The second-order valence-corrected chi connectivity index (χ2v) is 4.83. The predicted octanol–water partition coefficient (Wildman–Crippen LogP) is 0.214. The minimum Gasteiger partial charge on any atom is -0.237 e. The first-order valence-corrected chi connectivity index (χ1v) is 6.05. The SMILES string of the molecule is O=S(=O)(NCn1ccnn1)c1ccccc1. The van der Waals surface area contributed by atoms with Crippen molar-refractivity contribution in [2.75, 3.05) is 0 Å². The molecule has 2 aromatic rings. The number of nitrogens with zero attached hydrogens (tertiary/aromatic N) is 3. The van der Waals surface area contributed by atoms with Gasteiger partial charge >= 0.3 is 0 Å². The third kappa shape index (κ3) is 2.44. The van der Waals surface area contributed by atoms with Crippen LogP contribution in [-0.2, 0) is 16.7 Å². The Bertz CT molecular complexity index is 536. The molecule has 84 valence electrons. The number of nitrogens with one attached hydrogen (secondary N) is 1. The Morgan fingerprint density at radius 2 is 2.00 bits per heavy atom. The molecule has 2 rings (SSSR count). The second kappa shape index (κ2) is 4.42. The number of benzene rings is 1. The van der Waals surface area contributed by atoms with Crippen molar-refractivity contribution in [3.8, 4) is 0 Å². The van der Waals surface area contributed by atoms with Gasteiger partial charge in [-0.2, -0.15) is 4.72 Å². The van der Waals surface area contributed by atoms with E-state index in [4.69, 9.17) is 0 Å². The molecular formula is C9H10N4O2S. The lowest BCUT2D eigenvalue weighted by Crippen LogP contribution is -2.26.